The maximum atomic E-state index is 12.6. The number of piperazine rings is 1. The summed E-state index contributed by atoms with van der Waals surface area (Å²) in [5.41, 5.74) is 2.05. The Hall–Kier alpha value is -2.48. The van der Waals surface area contributed by atoms with Crippen LogP contribution in [0.15, 0.2) is 66.1 Å². The third-order valence-electron chi connectivity index (χ3n) is 5.00. The van der Waals surface area contributed by atoms with E-state index >= 15 is 0 Å². The minimum atomic E-state index is -3.65. The topological polar surface area (TPSA) is 60.9 Å². The number of nitrogens with zero attached hydrogens (tertiary/aromatic N) is 3. The molecular formula is C22H27N3O3S. The average Bonchev–Trinajstić information content (AvgIpc) is 2.74. The van der Waals surface area contributed by atoms with Crippen molar-refractivity contribution in [3.05, 3.63) is 77.2 Å². The normalized spacial score (nSPS) is 15.9. The molecule has 0 bridgehead atoms. The standard InChI is InChI=1S/C22H27N3O3S/c1-23(29(27,28)17-12-20-8-4-2-5-9-20)19-22(26)25-15-13-24(14-16-25)18-21-10-6-3-7-11-21/h2-12,17H,13-16,18-19H2,1H3/b17-12+. The van der Waals surface area contributed by atoms with E-state index in [1.165, 1.54) is 12.6 Å². The van der Waals surface area contributed by atoms with E-state index < -0.39 is 10.0 Å². The van der Waals surface area contributed by atoms with Gasteiger partial charge in [-0.05, 0) is 17.2 Å². The van der Waals surface area contributed by atoms with Crippen molar-refractivity contribution in [1.82, 2.24) is 14.1 Å². The molecule has 1 fully saturated rings. The van der Waals surface area contributed by atoms with Crippen LogP contribution in [0.2, 0.25) is 0 Å². The van der Waals surface area contributed by atoms with E-state index in [4.69, 9.17) is 0 Å². The van der Waals surface area contributed by atoms with Gasteiger partial charge in [-0.15, -0.1) is 0 Å². The van der Waals surface area contributed by atoms with Crippen LogP contribution in [-0.2, 0) is 21.4 Å². The van der Waals surface area contributed by atoms with E-state index in [2.05, 4.69) is 17.0 Å². The van der Waals surface area contributed by atoms with Gasteiger partial charge in [0.15, 0.2) is 0 Å². The van der Waals surface area contributed by atoms with Gasteiger partial charge in [0.2, 0.25) is 15.9 Å². The maximum absolute atomic E-state index is 12.6. The van der Waals surface area contributed by atoms with Gasteiger partial charge in [0.05, 0.1) is 6.54 Å². The molecule has 0 aliphatic carbocycles. The molecule has 0 N–H and O–H groups in total. The Morgan fingerprint density at radius 3 is 2.17 bits per heavy atom. The lowest BCUT2D eigenvalue weighted by atomic mass is 10.2. The Bertz CT molecular complexity index is 922. The van der Waals surface area contributed by atoms with Crippen LogP contribution in [0, 0.1) is 0 Å². The number of rotatable bonds is 7. The first-order valence-corrected chi connectivity index (χ1v) is 11.2. The monoisotopic (exact) mass is 413 g/mol. The molecule has 2 aromatic rings. The molecule has 0 aromatic heterocycles. The molecule has 29 heavy (non-hydrogen) atoms. The maximum Gasteiger partial charge on any atom is 0.237 e. The molecule has 1 saturated heterocycles. The molecule has 7 heteroatoms. The molecule has 2 aromatic carbocycles. The highest BCUT2D eigenvalue weighted by Gasteiger charge is 2.25. The van der Waals surface area contributed by atoms with Crippen LogP contribution in [0.5, 0.6) is 0 Å². The summed E-state index contributed by atoms with van der Waals surface area (Å²) >= 11 is 0. The number of hydrogen-bond acceptors (Lipinski definition) is 4. The van der Waals surface area contributed by atoms with E-state index in [1.807, 2.05) is 48.5 Å². The van der Waals surface area contributed by atoms with Crippen molar-refractivity contribution in [2.75, 3.05) is 39.8 Å². The van der Waals surface area contributed by atoms with Crippen molar-refractivity contribution >= 4 is 22.0 Å². The van der Waals surface area contributed by atoms with E-state index in [-0.39, 0.29) is 12.5 Å². The van der Waals surface area contributed by atoms with Crippen LogP contribution in [0.3, 0.4) is 0 Å². The first-order chi connectivity index (χ1) is 13.9. The van der Waals surface area contributed by atoms with Gasteiger partial charge < -0.3 is 4.90 Å². The molecule has 0 saturated carbocycles. The van der Waals surface area contributed by atoms with E-state index in [1.54, 1.807) is 11.0 Å². The first-order valence-electron chi connectivity index (χ1n) is 9.67. The molecule has 1 amide bonds. The summed E-state index contributed by atoms with van der Waals surface area (Å²) in [6.07, 6.45) is 1.54. The summed E-state index contributed by atoms with van der Waals surface area (Å²) in [6.45, 7) is 3.50. The Morgan fingerprint density at radius 1 is 0.966 bits per heavy atom. The van der Waals surface area contributed by atoms with Gasteiger partial charge in [-0.25, -0.2) is 8.42 Å². The third kappa shape index (κ3) is 6.25. The fraction of sp³-hybridized carbons (Fsp3) is 0.318. The van der Waals surface area contributed by atoms with Crippen molar-refractivity contribution in [3.63, 3.8) is 0 Å². The highest BCUT2D eigenvalue weighted by Crippen LogP contribution is 2.10. The third-order valence-corrected chi connectivity index (χ3v) is 6.48. The van der Waals surface area contributed by atoms with E-state index in [0.29, 0.717) is 13.1 Å². The molecule has 1 aliphatic heterocycles. The Balaban J connectivity index is 1.49. The highest BCUT2D eigenvalue weighted by atomic mass is 32.2. The predicted molar refractivity (Wildman–Crippen MR) is 115 cm³/mol. The van der Waals surface area contributed by atoms with Gasteiger partial charge in [-0.3, -0.25) is 9.69 Å². The quantitative estimate of drug-likeness (QED) is 0.699. The van der Waals surface area contributed by atoms with E-state index in [9.17, 15) is 13.2 Å². The second-order valence-corrected chi connectivity index (χ2v) is 9.08. The molecule has 1 heterocycles. The molecule has 0 unspecified atom stereocenters. The van der Waals surface area contributed by atoms with Gasteiger partial charge in [0.1, 0.15) is 0 Å². The smallest absolute Gasteiger partial charge is 0.237 e. The lowest BCUT2D eigenvalue weighted by Gasteiger charge is -2.35. The van der Waals surface area contributed by atoms with Crippen LogP contribution in [0.4, 0.5) is 0 Å². The minimum absolute atomic E-state index is 0.153. The molecule has 6 nitrogen and oxygen atoms in total. The number of hydrogen-bond donors (Lipinski definition) is 0. The molecule has 0 radical (unpaired) electrons. The Morgan fingerprint density at radius 2 is 1.55 bits per heavy atom. The fourth-order valence-electron chi connectivity index (χ4n) is 3.21. The lowest BCUT2D eigenvalue weighted by molar-refractivity contribution is -0.133. The molecule has 0 spiro atoms. The molecule has 0 atom stereocenters. The zero-order chi connectivity index (χ0) is 20.7. The van der Waals surface area contributed by atoms with Crippen molar-refractivity contribution < 1.29 is 13.2 Å². The average molecular weight is 414 g/mol. The molecular weight excluding hydrogens is 386 g/mol. The van der Waals surface area contributed by atoms with Crippen molar-refractivity contribution in [3.8, 4) is 0 Å². The summed E-state index contributed by atoms with van der Waals surface area (Å²) in [4.78, 5) is 16.6. The summed E-state index contributed by atoms with van der Waals surface area (Å²) in [5, 5.41) is 1.15. The van der Waals surface area contributed by atoms with Crippen LogP contribution >= 0.6 is 0 Å². The van der Waals surface area contributed by atoms with Crippen molar-refractivity contribution in [1.29, 1.82) is 0 Å². The number of carbonyl (C=O) groups is 1. The summed E-state index contributed by atoms with van der Waals surface area (Å²) in [7, 11) is -2.21. The summed E-state index contributed by atoms with van der Waals surface area (Å²) in [5.74, 6) is -0.163. The second-order valence-electron chi connectivity index (χ2n) is 7.16. The van der Waals surface area contributed by atoms with Crippen LogP contribution in [0.25, 0.3) is 6.08 Å². The van der Waals surface area contributed by atoms with Crippen molar-refractivity contribution in [2.45, 2.75) is 6.54 Å². The van der Waals surface area contributed by atoms with Gasteiger partial charge >= 0.3 is 0 Å². The van der Waals surface area contributed by atoms with Crippen LogP contribution in [0.1, 0.15) is 11.1 Å². The lowest BCUT2D eigenvalue weighted by Crippen LogP contribution is -2.50. The summed E-state index contributed by atoms with van der Waals surface area (Å²) < 4.78 is 26.0. The second kappa shape index (κ2) is 9.82. The predicted octanol–water partition coefficient (Wildman–Crippen LogP) is 2.26. The largest absolute Gasteiger partial charge is 0.339 e. The zero-order valence-corrected chi connectivity index (χ0v) is 17.5. The number of amides is 1. The summed E-state index contributed by atoms with van der Waals surface area (Å²) in [6, 6.07) is 19.5. The number of benzene rings is 2. The Kier molecular flexibility index (Phi) is 7.19. The fourth-order valence-corrected chi connectivity index (χ4v) is 4.04. The minimum Gasteiger partial charge on any atom is -0.339 e. The van der Waals surface area contributed by atoms with Crippen LogP contribution < -0.4 is 0 Å². The molecule has 1 aliphatic rings. The van der Waals surface area contributed by atoms with Crippen LogP contribution in [-0.4, -0.2) is 68.2 Å². The van der Waals surface area contributed by atoms with Gasteiger partial charge in [0.25, 0.3) is 0 Å². The van der Waals surface area contributed by atoms with Crippen molar-refractivity contribution in [2.24, 2.45) is 0 Å². The zero-order valence-electron chi connectivity index (χ0n) is 16.6. The van der Waals surface area contributed by atoms with E-state index in [0.717, 1.165) is 34.9 Å². The number of likely N-dealkylation sites (N-methyl/N-ethyl adjacent to an activating group) is 1. The highest BCUT2D eigenvalue weighted by molar-refractivity contribution is 7.92. The molecule has 3 rings (SSSR count). The van der Waals surface area contributed by atoms with Gasteiger partial charge in [-0.2, -0.15) is 4.31 Å². The first kappa shape index (κ1) is 21.2. The Labute approximate surface area is 173 Å². The van der Waals surface area contributed by atoms with Gasteiger partial charge in [-0.1, -0.05) is 60.7 Å². The van der Waals surface area contributed by atoms with Gasteiger partial charge in [0, 0.05) is 45.2 Å². The number of sulfonamides is 1. The SMILES string of the molecule is CN(CC(=O)N1CCN(Cc2ccccc2)CC1)S(=O)(=O)/C=C/c1ccccc1. The molecule has 154 valence electrons. The number of carbonyl (C=O) groups excluding carboxylic acids is 1.